The summed E-state index contributed by atoms with van der Waals surface area (Å²) in [7, 11) is 0. The van der Waals surface area contributed by atoms with Crippen LogP contribution in [-0.4, -0.2) is 52.1 Å². The largest absolute Gasteiger partial charge is 0.506 e. The van der Waals surface area contributed by atoms with E-state index in [4.69, 9.17) is 4.74 Å². The molecule has 2 aromatic rings. The van der Waals surface area contributed by atoms with Crippen molar-refractivity contribution in [3.05, 3.63) is 71.8 Å². The van der Waals surface area contributed by atoms with Crippen molar-refractivity contribution >= 4 is 35.6 Å². The predicted molar refractivity (Wildman–Crippen MR) is 168 cm³/mol. The number of anilines is 1. The summed E-state index contributed by atoms with van der Waals surface area (Å²) in [5.74, 6) is -0.599. The van der Waals surface area contributed by atoms with Gasteiger partial charge in [0.2, 0.25) is 17.7 Å². The van der Waals surface area contributed by atoms with Gasteiger partial charge in [0, 0.05) is 32.2 Å². The van der Waals surface area contributed by atoms with E-state index < -0.39 is 0 Å². The number of rotatable bonds is 10. The lowest BCUT2D eigenvalue weighted by atomic mass is 9.90. The van der Waals surface area contributed by atoms with Gasteiger partial charge in [-0.2, -0.15) is 5.10 Å². The van der Waals surface area contributed by atoms with Gasteiger partial charge in [0.25, 0.3) is 0 Å². The number of aromatic hydroxyl groups is 1. The number of esters is 1. The van der Waals surface area contributed by atoms with Gasteiger partial charge in [0.05, 0.1) is 17.9 Å². The molecule has 0 aromatic heterocycles. The maximum atomic E-state index is 13.3. The molecular formula is C34H42N4O6. The average molecular weight is 603 g/mol. The van der Waals surface area contributed by atoms with Crippen molar-refractivity contribution < 1.29 is 29.0 Å². The van der Waals surface area contributed by atoms with Crippen LogP contribution in [0.4, 0.5) is 5.69 Å². The molecular weight excluding hydrogens is 560 g/mol. The summed E-state index contributed by atoms with van der Waals surface area (Å²) in [6.45, 7) is 0.431. The highest BCUT2D eigenvalue weighted by Gasteiger charge is 2.35. The molecule has 10 heteroatoms. The third-order valence-electron chi connectivity index (χ3n) is 7.85. The molecule has 1 heterocycles. The van der Waals surface area contributed by atoms with Gasteiger partial charge in [-0.15, -0.1) is 0 Å². The van der Waals surface area contributed by atoms with E-state index in [1.165, 1.54) is 6.07 Å². The van der Waals surface area contributed by atoms with E-state index in [0.717, 1.165) is 36.8 Å². The zero-order valence-electron chi connectivity index (χ0n) is 25.1. The van der Waals surface area contributed by atoms with Gasteiger partial charge in [0.1, 0.15) is 11.9 Å². The van der Waals surface area contributed by atoms with Crippen molar-refractivity contribution in [2.24, 2.45) is 5.10 Å². The monoisotopic (exact) mass is 602 g/mol. The van der Waals surface area contributed by atoms with E-state index in [1.54, 1.807) is 24.4 Å². The van der Waals surface area contributed by atoms with Gasteiger partial charge in [-0.05, 0) is 68.2 Å². The SMILES string of the molecule is O=C(CCCCC(=O)Nc1ccccc1O)N/N=C/c1ccc(CN2C(=O)CC/C=C/CCC(=O)O[C@@H]3CCCC[C@H]32)cc1. The number of allylic oxidation sites excluding steroid dienone is 2. The molecule has 2 aliphatic rings. The number of amides is 3. The van der Waals surface area contributed by atoms with E-state index in [0.29, 0.717) is 50.8 Å². The molecule has 10 nitrogen and oxygen atoms in total. The van der Waals surface area contributed by atoms with Gasteiger partial charge in [-0.1, -0.05) is 55.0 Å². The highest BCUT2D eigenvalue weighted by atomic mass is 16.5. The number of benzene rings is 2. The summed E-state index contributed by atoms with van der Waals surface area (Å²) >= 11 is 0. The minimum absolute atomic E-state index is 0.0104. The Morgan fingerprint density at radius 1 is 0.932 bits per heavy atom. The molecule has 0 saturated heterocycles. The maximum Gasteiger partial charge on any atom is 0.306 e. The highest BCUT2D eigenvalue weighted by Crippen LogP contribution is 2.29. The van der Waals surface area contributed by atoms with Crippen molar-refractivity contribution in [1.29, 1.82) is 0 Å². The first-order valence-corrected chi connectivity index (χ1v) is 15.5. The van der Waals surface area contributed by atoms with Crippen LogP contribution in [0.15, 0.2) is 65.8 Å². The smallest absolute Gasteiger partial charge is 0.306 e. The molecule has 0 radical (unpaired) electrons. The number of carbonyl (C=O) groups excluding carboxylic acids is 4. The van der Waals surface area contributed by atoms with Crippen LogP contribution in [0.1, 0.15) is 88.2 Å². The topological polar surface area (TPSA) is 137 Å². The minimum Gasteiger partial charge on any atom is -0.506 e. The van der Waals surface area contributed by atoms with E-state index in [-0.39, 0.29) is 54.4 Å². The van der Waals surface area contributed by atoms with E-state index in [2.05, 4.69) is 15.8 Å². The molecule has 1 fully saturated rings. The molecule has 1 saturated carbocycles. The van der Waals surface area contributed by atoms with Gasteiger partial charge < -0.3 is 20.1 Å². The molecule has 3 amide bonds. The van der Waals surface area contributed by atoms with Crippen LogP contribution in [0.5, 0.6) is 5.75 Å². The number of nitrogens with zero attached hydrogens (tertiary/aromatic N) is 2. The number of hydrogen-bond acceptors (Lipinski definition) is 7. The molecule has 3 N–H and O–H groups in total. The number of nitrogens with one attached hydrogen (secondary N) is 2. The standard InChI is InChI=1S/C34H42N4O6/c39-29-13-7-5-11-27(29)36-31(40)15-9-10-16-32(41)37-35-23-25-19-21-26(22-20-25)24-38-28-12-6-8-14-30(28)44-34(43)18-4-2-1-3-17-33(38)42/h1-2,5,7,11,13,19-23,28,30,39H,3-4,6,8-10,12,14-18,24H2,(H,36,40)(H,37,41)/b2-1+,35-23+/t28-,30-/m1/s1. The molecule has 0 bridgehead atoms. The van der Waals surface area contributed by atoms with Crippen LogP contribution in [0, 0.1) is 0 Å². The normalized spacial score (nSPS) is 20.1. The number of fused-ring (bicyclic) bond motifs is 1. The van der Waals surface area contributed by atoms with Crippen LogP contribution in [0.3, 0.4) is 0 Å². The summed E-state index contributed by atoms with van der Waals surface area (Å²) in [6, 6.07) is 14.0. The third kappa shape index (κ3) is 10.4. The van der Waals surface area contributed by atoms with Crippen LogP contribution >= 0.6 is 0 Å². The van der Waals surface area contributed by atoms with Crippen molar-refractivity contribution in [1.82, 2.24) is 10.3 Å². The Bertz CT molecular complexity index is 1340. The quantitative estimate of drug-likeness (QED) is 0.0837. The Balaban J connectivity index is 1.24. The highest BCUT2D eigenvalue weighted by molar-refractivity contribution is 5.92. The minimum atomic E-state index is -0.278. The fraction of sp³-hybridized carbons (Fsp3) is 0.441. The van der Waals surface area contributed by atoms with Crippen LogP contribution in [-0.2, 0) is 30.5 Å². The molecule has 0 spiro atoms. The number of para-hydroxylation sites is 2. The number of hydrazone groups is 1. The third-order valence-corrected chi connectivity index (χ3v) is 7.85. The number of phenols is 1. The molecule has 2 atom stereocenters. The Kier molecular flexibility index (Phi) is 12.5. The summed E-state index contributed by atoms with van der Waals surface area (Å²) in [6.07, 6.45) is 12.4. The first kappa shape index (κ1) is 32.4. The number of carbonyl (C=O) groups is 4. The van der Waals surface area contributed by atoms with Gasteiger partial charge in [-0.3, -0.25) is 19.2 Å². The second-order valence-corrected chi connectivity index (χ2v) is 11.3. The molecule has 2 aromatic carbocycles. The van der Waals surface area contributed by atoms with Crippen LogP contribution in [0.2, 0.25) is 0 Å². The lowest BCUT2D eigenvalue weighted by Gasteiger charge is -2.39. The van der Waals surface area contributed by atoms with E-state index in [1.807, 2.05) is 41.3 Å². The second kappa shape index (κ2) is 17.0. The second-order valence-electron chi connectivity index (χ2n) is 11.3. The van der Waals surface area contributed by atoms with Crippen molar-refractivity contribution in [3.8, 4) is 5.75 Å². The van der Waals surface area contributed by atoms with Crippen molar-refractivity contribution in [3.63, 3.8) is 0 Å². The van der Waals surface area contributed by atoms with Crippen LogP contribution in [0.25, 0.3) is 0 Å². The fourth-order valence-electron chi connectivity index (χ4n) is 5.48. The molecule has 4 rings (SSSR count). The number of unbranched alkanes of at least 4 members (excludes halogenated alkanes) is 1. The summed E-state index contributed by atoms with van der Waals surface area (Å²) in [5, 5.41) is 16.4. The first-order valence-electron chi connectivity index (χ1n) is 15.5. The lowest BCUT2D eigenvalue weighted by Crippen LogP contribution is -2.49. The first-order chi connectivity index (χ1) is 21.4. The molecule has 1 aliphatic carbocycles. The number of hydrogen-bond donors (Lipinski definition) is 3. The summed E-state index contributed by atoms with van der Waals surface area (Å²) < 4.78 is 5.85. The summed E-state index contributed by atoms with van der Waals surface area (Å²) in [5.41, 5.74) is 4.64. The summed E-state index contributed by atoms with van der Waals surface area (Å²) in [4.78, 5) is 51.8. The molecule has 0 unspecified atom stereocenters. The van der Waals surface area contributed by atoms with Gasteiger partial charge >= 0.3 is 5.97 Å². The Labute approximate surface area is 258 Å². The van der Waals surface area contributed by atoms with Crippen molar-refractivity contribution in [2.45, 2.75) is 95.7 Å². The molecule has 44 heavy (non-hydrogen) atoms. The van der Waals surface area contributed by atoms with E-state index >= 15 is 0 Å². The zero-order valence-corrected chi connectivity index (χ0v) is 25.1. The van der Waals surface area contributed by atoms with E-state index in [9.17, 15) is 24.3 Å². The molecule has 1 aliphatic heterocycles. The Morgan fingerprint density at radius 3 is 2.41 bits per heavy atom. The zero-order chi connectivity index (χ0) is 31.1. The van der Waals surface area contributed by atoms with Crippen molar-refractivity contribution in [2.75, 3.05) is 5.32 Å². The predicted octanol–water partition coefficient (Wildman–Crippen LogP) is 5.35. The average Bonchev–Trinajstić information content (AvgIpc) is 3.01. The lowest BCUT2D eigenvalue weighted by molar-refractivity contribution is -0.159. The van der Waals surface area contributed by atoms with Crippen LogP contribution < -0.4 is 10.7 Å². The Hall–Kier alpha value is -4.47. The molecule has 234 valence electrons. The van der Waals surface area contributed by atoms with Gasteiger partial charge in [-0.25, -0.2) is 5.43 Å². The maximum absolute atomic E-state index is 13.3. The Morgan fingerprint density at radius 2 is 1.64 bits per heavy atom. The number of phenolic OH excluding ortho intramolecular Hbond substituents is 1. The van der Waals surface area contributed by atoms with Gasteiger partial charge in [0.15, 0.2) is 0 Å². The fourth-order valence-corrected chi connectivity index (χ4v) is 5.48. The number of ether oxygens (including phenoxy) is 1.